The van der Waals surface area contributed by atoms with Crippen LogP contribution in [0.3, 0.4) is 0 Å². The van der Waals surface area contributed by atoms with Crippen molar-refractivity contribution < 1.29 is 0 Å². The number of para-hydroxylation sites is 2. The first-order valence-corrected chi connectivity index (χ1v) is 5.49. The molecule has 0 fully saturated rings. The summed E-state index contributed by atoms with van der Waals surface area (Å²) < 4.78 is 0. The quantitative estimate of drug-likeness (QED) is 0.719. The second-order valence-corrected chi connectivity index (χ2v) is 3.82. The number of aromatic nitrogens is 3. The Morgan fingerprint density at radius 1 is 1.12 bits per heavy atom. The van der Waals surface area contributed by atoms with Gasteiger partial charge < -0.3 is 10.3 Å². The Hall–Kier alpha value is -2.36. The van der Waals surface area contributed by atoms with Crippen LogP contribution in [0.5, 0.6) is 0 Å². The first-order chi connectivity index (χ1) is 8.42. The number of fused-ring (bicyclic) bond motifs is 1. The summed E-state index contributed by atoms with van der Waals surface area (Å²) in [4.78, 5) is 11.7. The largest absolute Gasteiger partial charge is 0.352 e. The summed E-state index contributed by atoms with van der Waals surface area (Å²) in [5, 5.41) is 3.24. The number of pyridine rings is 1. The molecule has 0 amide bonds. The van der Waals surface area contributed by atoms with Gasteiger partial charge >= 0.3 is 0 Å². The number of H-pyrrole nitrogens is 1. The molecule has 1 aromatic carbocycles. The number of anilines is 1. The van der Waals surface area contributed by atoms with Crippen LogP contribution in [0.15, 0.2) is 48.8 Å². The van der Waals surface area contributed by atoms with Crippen molar-refractivity contribution >= 4 is 17.0 Å². The van der Waals surface area contributed by atoms with E-state index in [4.69, 9.17) is 0 Å². The maximum Gasteiger partial charge on any atom is 0.201 e. The molecule has 2 N–H and O–H groups in total. The van der Waals surface area contributed by atoms with Crippen molar-refractivity contribution in [2.24, 2.45) is 0 Å². The molecule has 17 heavy (non-hydrogen) atoms. The first kappa shape index (κ1) is 9.84. The molecule has 0 radical (unpaired) electrons. The summed E-state index contributed by atoms with van der Waals surface area (Å²) in [6, 6.07) is 11.9. The molecule has 2 aromatic heterocycles. The highest BCUT2D eigenvalue weighted by Gasteiger charge is 2.00. The van der Waals surface area contributed by atoms with Crippen LogP contribution in [0, 0.1) is 0 Å². The molecule has 4 nitrogen and oxygen atoms in total. The van der Waals surface area contributed by atoms with Crippen molar-refractivity contribution in [2.75, 3.05) is 5.32 Å². The van der Waals surface area contributed by atoms with E-state index < -0.39 is 0 Å². The van der Waals surface area contributed by atoms with Crippen LogP contribution >= 0.6 is 0 Å². The average molecular weight is 224 g/mol. The van der Waals surface area contributed by atoms with Crippen molar-refractivity contribution in [1.29, 1.82) is 0 Å². The Balaban J connectivity index is 1.77. The summed E-state index contributed by atoms with van der Waals surface area (Å²) in [6.07, 6.45) is 3.61. The molecule has 4 heteroatoms. The topological polar surface area (TPSA) is 53.6 Å². The number of hydrogen-bond acceptors (Lipinski definition) is 3. The molecule has 0 unspecified atom stereocenters. The standard InChI is InChI=1S/C13H12N4/c1-2-6-12-11(5-1)16-13(17-12)15-9-10-4-3-7-14-8-10/h1-8H,9H2,(H2,15,16,17). The first-order valence-electron chi connectivity index (χ1n) is 5.49. The fraction of sp³-hybridized carbons (Fsp3) is 0.0769. The molecule has 0 atom stereocenters. The van der Waals surface area contributed by atoms with Gasteiger partial charge in [0, 0.05) is 18.9 Å². The fourth-order valence-corrected chi connectivity index (χ4v) is 1.73. The predicted octanol–water partition coefficient (Wildman–Crippen LogP) is 2.57. The van der Waals surface area contributed by atoms with Gasteiger partial charge in [-0.15, -0.1) is 0 Å². The van der Waals surface area contributed by atoms with Crippen LogP contribution in [0.2, 0.25) is 0 Å². The van der Waals surface area contributed by atoms with Crippen molar-refractivity contribution in [3.63, 3.8) is 0 Å². The average Bonchev–Trinajstić information content (AvgIpc) is 2.80. The minimum absolute atomic E-state index is 0.716. The number of aromatic amines is 1. The molecular formula is C13H12N4. The molecule has 3 aromatic rings. The van der Waals surface area contributed by atoms with E-state index in [1.54, 1.807) is 6.20 Å². The van der Waals surface area contributed by atoms with Gasteiger partial charge in [0.1, 0.15) is 0 Å². The van der Waals surface area contributed by atoms with E-state index in [0.717, 1.165) is 22.5 Å². The van der Waals surface area contributed by atoms with Crippen LogP contribution < -0.4 is 5.32 Å². The highest BCUT2D eigenvalue weighted by molar-refractivity contribution is 5.77. The summed E-state index contributed by atoms with van der Waals surface area (Å²) in [5.74, 6) is 0.787. The molecule has 2 heterocycles. The lowest BCUT2D eigenvalue weighted by Gasteiger charge is -2.01. The molecule has 3 rings (SSSR count). The van der Waals surface area contributed by atoms with Crippen LogP contribution in [-0.2, 0) is 6.54 Å². The van der Waals surface area contributed by atoms with Gasteiger partial charge in [-0.25, -0.2) is 4.98 Å². The van der Waals surface area contributed by atoms with Gasteiger partial charge in [-0.1, -0.05) is 18.2 Å². The lowest BCUT2D eigenvalue weighted by Crippen LogP contribution is -2.00. The Morgan fingerprint density at radius 3 is 2.88 bits per heavy atom. The maximum atomic E-state index is 4.44. The molecule has 0 saturated carbocycles. The molecule has 84 valence electrons. The third-order valence-electron chi connectivity index (χ3n) is 2.57. The van der Waals surface area contributed by atoms with E-state index in [-0.39, 0.29) is 0 Å². The van der Waals surface area contributed by atoms with E-state index in [9.17, 15) is 0 Å². The summed E-state index contributed by atoms with van der Waals surface area (Å²) in [7, 11) is 0. The third kappa shape index (κ3) is 2.10. The maximum absolute atomic E-state index is 4.44. The second-order valence-electron chi connectivity index (χ2n) is 3.82. The minimum Gasteiger partial charge on any atom is -0.352 e. The zero-order valence-corrected chi connectivity index (χ0v) is 9.22. The van der Waals surface area contributed by atoms with Gasteiger partial charge in [0.15, 0.2) is 0 Å². The Kier molecular flexibility index (Phi) is 2.46. The Bertz CT molecular complexity index is 582. The van der Waals surface area contributed by atoms with E-state index in [1.807, 2.05) is 42.6 Å². The van der Waals surface area contributed by atoms with Gasteiger partial charge in [0.2, 0.25) is 5.95 Å². The summed E-state index contributed by atoms with van der Waals surface area (Å²) in [5.41, 5.74) is 3.15. The van der Waals surface area contributed by atoms with Crippen LogP contribution in [0.4, 0.5) is 5.95 Å². The van der Waals surface area contributed by atoms with Crippen LogP contribution in [0.25, 0.3) is 11.0 Å². The molecule has 0 saturated heterocycles. The molecule has 0 bridgehead atoms. The monoisotopic (exact) mass is 224 g/mol. The third-order valence-corrected chi connectivity index (χ3v) is 2.57. The normalized spacial score (nSPS) is 10.6. The van der Waals surface area contributed by atoms with E-state index in [2.05, 4.69) is 20.3 Å². The number of hydrogen-bond donors (Lipinski definition) is 2. The second kappa shape index (κ2) is 4.25. The van der Waals surface area contributed by atoms with Crippen LogP contribution in [0.1, 0.15) is 5.56 Å². The number of nitrogens with zero attached hydrogens (tertiary/aromatic N) is 2. The Morgan fingerprint density at radius 2 is 2.06 bits per heavy atom. The lowest BCUT2D eigenvalue weighted by atomic mass is 10.3. The minimum atomic E-state index is 0.716. The van der Waals surface area contributed by atoms with Crippen LogP contribution in [-0.4, -0.2) is 15.0 Å². The molecule has 0 aliphatic carbocycles. The Labute approximate surface area is 98.7 Å². The predicted molar refractivity (Wildman–Crippen MR) is 67.7 cm³/mol. The van der Waals surface area contributed by atoms with Gasteiger partial charge in [0.25, 0.3) is 0 Å². The summed E-state index contributed by atoms with van der Waals surface area (Å²) >= 11 is 0. The van der Waals surface area contributed by atoms with Gasteiger partial charge in [-0.3, -0.25) is 4.98 Å². The van der Waals surface area contributed by atoms with Crippen molar-refractivity contribution in [2.45, 2.75) is 6.54 Å². The zero-order valence-electron chi connectivity index (χ0n) is 9.22. The molecule has 0 aliphatic heterocycles. The number of imidazole rings is 1. The number of benzene rings is 1. The smallest absolute Gasteiger partial charge is 0.201 e. The van der Waals surface area contributed by atoms with Gasteiger partial charge in [-0.2, -0.15) is 0 Å². The SMILES string of the molecule is c1cncc(CNc2nc3ccccc3[nH]2)c1. The number of nitrogens with one attached hydrogen (secondary N) is 2. The number of rotatable bonds is 3. The summed E-state index contributed by atoms with van der Waals surface area (Å²) in [6.45, 7) is 0.716. The fourth-order valence-electron chi connectivity index (χ4n) is 1.73. The van der Waals surface area contributed by atoms with E-state index >= 15 is 0 Å². The van der Waals surface area contributed by atoms with E-state index in [1.165, 1.54) is 0 Å². The van der Waals surface area contributed by atoms with Gasteiger partial charge in [0.05, 0.1) is 11.0 Å². The van der Waals surface area contributed by atoms with Crippen molar-refractivity contribution in [3.05, 3.63) is 54.4 Å². The zero-order chi connectivity index (χ0) is 11.5. The molecular weight excluding hydrogens is 212 g/mol. The highest BCUT2D eigenvalue weighted by Crippen LogP contribution is 2.13. The van der Waals surface area contributed by atoms with Gasteiger partial charge in [-0.05, 0) is 23.8 Å². The van der Waals surface area contributed by atoms with Crippen molar-refractivity contribution in [3.8, 4) is 0 Å². The van der Waals surface area contributed by atoms with E-state index in [0.29, 0.717) is 6.54 Å². The lowest BCUT2D eigenvalue weighted by molar-refractivity contribution is 1.08. The molecule has 0 spiro atoms. The van der Waals surface area contributed by atoms with Crippen molar-refractivity contribution in [1.82, 2.24) is 15.0 Å². The highest BCUT2D eigenvalue weighted by atomic mass is 15.1. The molecule has 0 aliphatic rings.